The highest BCUT2D eigenvalue weighted by atomic mass is 35.5. The molecule has 0 aliphatic rings. The Bertz CT molecular complexity index is 1520. The summed E-state index contributed by atoms with van der Waals surface area (Å²) in [6.45, 7) is 2.27. The molecule has 0 radical (unpaired) electrons. The van der Waals surface area contributed by atoms with Crippen LogP contribution in [-0.2, 0) is 12.4 Å². The third kappa shape index (κ3) is 4.69. The number of aromatic nitrogens is 5. The summed E-state index contributed by atoms with van der Waals surface area (Å²) in [5.74, 6) is 1.94. The zero-order valence-electron chi connectivity index (χ0n) is 18.3. The van der Waals surface area contributed by atoms with Gasteiger partial charge in [-0.25, -0.2) is 4.98 Å². The van der Waals surface area contributed by atoms with Gasteiger partial charge in [-0.15, -0.1) is 10.2 Å². The summed E-state index contributed by atoms with van der Waals surface area (Å²) in [4.78, 5) is 17.1. The summed E-state index contributed by atoms with van der Waals surface area (Å²) in [6.07, 6.45) is 1.57. The van der Waals surface area contributed by atoms with Gasteiger partial charge < -0.3 is 4.74 Å². The molecule has 170 valence electrons. The third-order valence-corrected chi connectivity index (χ3v) is 6.38. The first kappa shape index (κ1) is 22.2. The SMILES string of the molecule is Cc1ccccc1OCc1nnc(SCc2cc(=O)n3cc(Cl)ccc3n2)n1-c1ccccc1. The minimum absolute atomic E-state index is 0.181. The fourth-order valence-corrected chi connectivity index (χ4v) is 4.55. The number of hydrogen-bond donors (Lipinski definition) is 0. The fourth-order valence-electron chi connectivity index (χ4n) is 3.52. The number of rotatable bonds is 7. The van der Waals surface area contributed by atoms with Crippen molar-refractivity contribution in [2.45, 2.75) is 24.4 Å². The molecule has 0 saturated carbocycles. The van der Waals surface area contributed by atoms with Crippen molar-refractivity contribution >= 4 is 29.0 Å². The molecular formula is C25H20ClN5O2S. The predicted molar refractivity (Wildman–Crippen MR) is 133 cm³/mol. The lowest BCUT2D eigenvalue weighted by Crippen LogP contribution is -2.15. The van der Waals surface area contributed by atoms with Crippen molar-refractivity contribution in [3.05, 3.63) is 111 Å². The molecule has 0 aliphatic carbocycles. The number of nitrogens with zero attached hydrogens (tertiary/aromatic N) is 5. The zero-order valence-corrected chi connectivity index (χ0v) is 19.8. The van der Waals surface area contributed by atoms with Gasteiger partial charge in [-0.05, 0) is 42.8 Å². The molecule has 3 heterocycles. The van der Waals surface area contributed by atoms with Crippen LogP contribution in [0.3, 0.4) is 0 Å². The molecule has 0 saturated heterocycles. The second-order valence-corrected chi connectivity index (χ2v) is 8.95. The Labute approximate surface area is 205 Å². The van der Waals surface area contributed by atoms with Crippen molar-refractivity contribution in [1.29, 1.82) is 0 Å². The largest absolute Gasteiger partial charge is 0.485 e. The van der Waals surface area contributed by atoms with E-state index in [1.165, 1.54) is 22.2 Å². The van der Waals surface area contributed by atoms with E-state index in [1.54, 1.807) is 18.3 Å². The molecule has 0 unspecified atom stereocenters. The van der Waals surface area contributed by atoms with E-state index >= 15 is 0 Å². The molecule has 0 fully saturated rings. The third-order valence-electron chi connectivity index (χ3n) is 5.19. The van der Waals surface area contributed by atoms with E-state index in [0.717, 1.165) is 17.0 Å². The number of pyridine rings is 1. The lowest BCUT2D eigenvalue weighted by molar-refractivity contribution is 0.291. The maximum absolute atomic E-state index is 12.5. The van der Waals surface area contributed by atoms with E-state index in [9.17, 15) is 4.79 Å². The number of thioether (sulfide) groups is 1. The van der Waals surface area contributed by atoms with Gasteiger partial charge in [0.05, 0.1) is 10.7 Å². The molecule has 0 bridgehead atoms. The second kappa shape index (κ2) is 9.70. The monoisotopic (exact) mass is 489 g/mol. The van der Waals surface area contributed by atoms with Gasteiger partial charge in [0.2, 0.25) is 0 Å². The fraction of sp³-hybridized carbons (Fsp3) is 0.120. The highest BCUT2D eigenvalue weighted by Crippen LogP contribution is 2.26. The average molecular weight is 490 g/mol. The van der Waals surface area contributed by atoms with Crippen LogP contribution in [0.25, 0.3) is 11.3 Å². The lowest BCUT2D eigenvalue weighted by atomic mass is 10.2. The lowest BCUT2D eigenvalue weighted by Gasteiger charge is -2.12. The van der Waals surface area contributed by atoms with Crippen LogP contribution < -0.4 is 10.3 Å². The first-order valence-electron chi connectivity index (χ1n) is 10.6. The summed E-state index contributed by atoms with van der Waals surface area (Å²) in [7, 11) is 0. The first-order chi connectivity index (χ1) is 16.6. The van der Waals surface area contributed by atoms with Crippen molar-refractivity contribution < 1.29 is 4.74 Å². The van der Waals surface area contributed by atoms with Gasteiger partial charge in [0.15, 0.2) is 11.0 Å². The Hall–Kier alpha value is -3.62. The number of benzene rings is 2. The Balaban J connectivity index is 1.42. The maximum atomic E-state index is 12.5. The van der Waals surface area contributed by atoms with E-state index in [-0.39, 0.29) is 12.2 Å². The van der Waals surface area contributed by atoms with Crippen molar-refractivity contribution in [2.24, 2.45) is 0 Å². The normalized spacial score (nSPS) is 11.1. The molecule has 0 aliphatic heterocycles. The number of fused-ring (bicyclic) bond motifs is 1. The second-order valence-electron chi connectivity index (χ2n) is 7.57. The Morgan fingerprint density at radius 1 is 1.00 bits per heavy atom. The molecule has 0 spiro atoms. The number of aryl methyl sites for hydroxylation is 1. The van der Waals surface area contributed by atoms with E-state index in [2.05, 4.69) is 15.2 Å². The number of hydrogen-bond acceptors (Lipinski definition) is 6. The summed E-state index contributed by atoms with van der Waals surface area (Å²) in [6, 6.07) is 22.7. The summed E-state index contributed by atoms with van der Waals surface area (Å²) in [5, 5.41) is 9.97. The van der Waals surface area contributed by atoms with Gasteiger partial charge in [-0.2, -0.15) is 0 Å². The Morgan fingerprint density at radius 2 is 1.79 bits per heavy atom. The molecule has 7 nitrogen and oxygen atoms in total. The van der Waals surface area contributed by atoms with Crippen LogP contribution in [0.15, 0.2) is 88.9 Å². The van der Waals surface area contributed by atoms with Gasteiger partial charge in [-0.3, -0.25) is 13.8 Å². The average Bonchev–Trinajstić information content (AvgIpc) is 3.26. The molecule has 0 N–H and O–H groups in total. The minimum atomic E-state index is -0.181. The van der Waals surface area contributed by atoms with E-state index in [1.807, 2.05) is 66.1 Å². The number of halogens is 1. The van der Waals surface area contributed by atoms with Crippen molar-refractivity contribution in [3.63, 3.8) is 0 Å². The number of para-hydroxylation sites is 2. The number of ether oxygens (including phenoxy) is 1. The van der Waals surface area contributed by atoms with Crippen LogP contribution in [0.1, 0.15) is 17.1 Å². The van der Waals surface area contributed by atoms with Crippen molar-refractivity contribution in [2.75, 3.05) is 0 Å². The minimum Gasteiger partial charge on any atom is -0.485 e. The molecule has 0 amide bonds. The zero-order chi connectivity index (χ0) is 23.5. The molecule has 0 atom stereocenters. The van der Waals surface area contributed by atoms with Gasteiger partial charge in [0.25, 0.3) is 5.56 Å². The maximum Gasteiger partial charge on any atom is 0.258 e. The van der Waals surface area contributed by atoms with Gasteiger partial charge in [-0.1, -0.05) is 59.8 Å². The van der Waals surface area contributed by atoms with Crippen LogP contribution in [0, 0.1) is 6.92 Å². The molecule has 34 heavy (non-hydrogen) atoms. The van der Waals surface area contributed by atoms with Gasteiger partial charge >= 0.3 is 0 Å². The molecule has 9 heteroatoms. The molecule has 3 aromatic heterocycles. The van der Waals surface area contributed by atoms with E-state index < -0.39 is 0 Å². The van der Waals surface area contributed by atoms with Crippen LogP contribution in [0.4, 0.5) is 0 Å². The first-order valence-corrected chi connectivity index (χ1v) is 11.9. The molecule has 5 rings (SSSR count). The van der Waals surface area contributed by atoms with Crippen molar-refractivity contribution in [3.8, 4) is 11.4 Å². The van der Waals surface area contributed by atoms with E-state index in [4.69, 9.17) is 16.3 Å². The summed E-state index contributed by atoms with van der Waals surface area (Å²) in [5.41, 5.74) is 3.00. The molecule has 2 aromatic carbocycles. The topological polar surface area (TPSA) is 74.3 Å². The molecular weight excluding hydrogens is 470 g/mol. The van der Waals surface area contributed by atoms with E-state index in [0.29, 0.717) is 33.1 Å². The Kier molecular flexibility index (Phi) is 6.33. The molecule has 5 aromatic rings. The quantitative estimate of drug-likeness (QED) is 0.296. The Morgan fingerprint density at radius 3 is 2.62 bits per heavy atom. The van der Waals surface area contributed by atoms with Crippen molar-refractivity contribution in [1.82, 2.24) is 24.1 Å². The van der Waals surface area contributed by atoms with Gasteiger partial charge in [0.1, 0.15) is 18.0 Å². The van der Waals surface area contributed by atoms with Crippen LogP contribution in [0.2, 0.25) is 5.02 Å². The summed E-state index contributed by atoms with van der Waals surface area (Å²) < 4.78 is 9.44. The predicted octanol–water partition coefficient (Wildman–Crippen LogP) is 5.11. The van der Waals surface area contributed by atoms with Crippen LogP contribution >= 0.6 is 23.4 Å². The van der Waals surface area contributed by atoms with Gasteiger partial charge in [0, 0.05) is 23.7 Å². The smallest absolute Gasteiger partial charge is 0.258 e. The highest BCUT2D eigenvalue weighted by Gasteiger charge is 2.16. The standard InChI is InChI=1S/C25H20ClN5O2S/c1-17-7-5-6-10-21(17)33-15-23-28-29-25(31(23)20-8-3-2-4-9-20)34-16-19-13-24(32)30-14-18(26)11-12-22(30)27-19/h2-14H,15-16H2,1H3. The summed E-state index contributed by atoms with van der Waals surface area (Å²) >= 11 is 7.46. The highest BCUT2D eigenvalue weighted by molar-refractivity contribution is 7.98. The van der Waals surface area contributed by atoms with Crippen LogP contribution in [-0.4, -0.2) is 24.1 Å². The van der Waals surface area contributed by atoms with Crippen LogP contribution in [0.5, 0.6) is 5.75 Å².